The number of aromatic nitrogens is 1. The molecule has 0 unspecified atom stereocenters. The molecule has 1 aromatic heterocycles. The summed E-state index contributed by atoms with van der Waals surface area (Å²) in [4.78, 5) is 28.0. The molecule has 0 saturated carbocycles. The van der Waals surface area contributed by atoms with Gasteiger partial charge in [0.25, 0.3) is 15.9 Å². The van der Waals surface area contributed by atoms with E-state index in [-0.39, 0.29) is 21.4 Å². The van der Waals surface area contributed by atoms with Crippen LogP contribution in [0, 0.1) is 6.92 Å². The number of para-hydroxylation sites is 1. The first kappa shape index (κ1) is 21.1. The first-order chi connectivity index (χ1) is 14.8. The number of anilines is 2. The summed E-state index contributed by atoms with van der Waals surface area (Å²) in [6, 6.07) is 12.4. The van der Waals surface area contributed by atoms with Crippen LogP contribution in [-0.2, 0) is 16.4 Å². The predicted octanol–water partition coefficient (Wildman–Crippen LogP) is 4.55. The van der Waals surface area contributed by atoms with E-state index in [0.717, 1.165) is 18.5 Å². The SMILES string of the molecule is Cc1c(C(=O)Nc2cccc(S(=O)(=O)Nc3ccccc3Cl)c2)[nH]c2c1C(=O)CCC2. The molecule has 4 rings (SSSR count). The van der Waals surface area contributed by atoms with Crippen molar-refractivity contribution in [3.63, 3.8) is 0 Å². The molecule has 0 fully saturated rings. The van der Waals surface area contributed by atoms with E-state index in [9.17, 15) is 18.0 Å². The van der Waals surface area contributed by atoms with E-state index >= 15 is 0 Å². The number of Topliss-reactive ketones (excluding diaryl/α,β-unsaturated/α-hetero) is 1. The second-order valence-electron chi connectivity index (χ2n) is 7.32. The zero-order chi connectivity index (χ0) is 22.2. The molecule has 31 heavy (non-hydrogen) atoms. The van der Waals surface area contributed by atoms with Crippen molar-refractivity contribution in [2.24, 2.45) is 0 Å². The molecule has 160 valence electrons. The van der Waals surface area contributed by atoms with E-state index in [1.54, 1.807) is 37.3 Å². The number of hydrogen-bond acceptors (Lipinski definition) is 4. The molecule has 7 nitrogen and oxygen atoms in total. The van der Waals surface area contributed by atoms with Crippen LogP contribution in [0.15, 0.2) is 53.4 Å². The van der Waals surface area contributed by atoms with Crippen LogP contribution in [0.1, 0.15) is 44.9 Å². The minimum atomic E-state index is -3.91. The van der Waals surface area contributed by atoms with E-state index in [1.807, 2.05) is 0 Å². The predicted molar refractivity (Wildman–Crippen MR) is 119 cm³/mol. The molecular formula is C22H20ClN3O4S. The fraction of sp³-hybridized carbons (Fsp3) is 0.182. The summed E-state index contributed by atoms with van der Waals surface area (Å²) in [5.41, 5.74) is 2.86. The molecule has 0 spiro atoms. The Morgan fingerprint density at radius 3 is 2.61 bits per heavy atom. The maximum atomic E-state index is 12.8. The fourth-order valence-electron chi connectivity index (χ4n) is 3.68. The second-order valence-corrected chi connectivity index (χ2v) is 9.41. The molecule has 1 amide bonds. The van der Waals surface area contributed by atoms with Gasteiger partial charge in [-0.25, -0.2) is 8.42 Å². The Bertz CT molecular complexity index is 1300. The van der Waals surface area contributed by atoms with Gasteiger partial charge in [-0.05, 0) is 55.7 Å². The van der Waals surface area contributed by atoms with E-state index in [4.69, 9.17) is 11.6 Å². The lowest BCUT2D eigenvalue weighted by molar-refractivity contribution is 0.0971. The summed E-state index contributed by atoms with van der Waals surface area (Å²) < 4.78 is 28.0. The van der Waals surface area contributed by atoms with Gasteiger partial charge < -0.3 is 10.3 Å². The van der Waals surface area contributed by atoms with E-state index in [0.29, 0.717) is 28.9 Å². The van der Waals surface area contributed by atoms with Crippen molar-refractivity contribution in [3.05, 3.63) is 76.1 Å². The summed E-state index contributed by atoms with van der Waals surface area (Å²) in [6.45, 7) is 1.74. The highest BCUT2D eigenvalue weighted by atomic mass is 35.5. The summed E-state index contributed by atoms with van der Waals surface area (Å²) in [5.74, 6) is -0.402. The lowest BCUT2D eigenvalue weighted by Crippen LogP contribution is -2.16. The maximum absolute atomic E-state index is 12.8. The number of hydrogen-bond donors (Lipinski definition) is 3. The highest BCUT2D eigenvalue weighted by Gasteiger charge is 2.26. The smallest absolute Gasteiger partial charge is 0.272 e. The standard InChI is InChI=1S/C22H20ClN3O4S/c1-13-20-18(10-5-11-19(20)27)25-21(13)22(28)24-14-6-4-7-15(12-14)31(29,30)26-17-9-3-2-8-16(17)23/h2-4,6-9,12,25-26H,5,10-11H2,1H3,(H,24,28). The lowest BCUT2D eigenvalue weighted by Gasteiger charge is -2.11. The Labute approximate surface area is 184 Å². The van der Waals surface area contributed by atoms with Crippen LogP contribution in [0.3, 0.4) is 0 Å². The molecule has 1 heterocycles. The van der Waals surface area contributed by atoms with Crippen molar-refractivity contribution in [2.75, 3.05) is 10.0 Å². The average Bonchev–Trinajstić information content (AvgIpc) is 3.08. The lowest BCUT2D eigenvalue weighted by atomic mass is 9.94. The number of H-pyrrole nitrogens is 1. The highest BCUT2D eigenvalue weighted by Crippen LogP contribution is 2.28. The van der Waals surface area contributed by atoms with Crippen LogP contribution in [0.5, 0.6) is 0 Å². The second kappa shape index (κ2) is 8.20. The summed E-state index contributed by atoms with van der Waals surface area (Å²) in [7, 11) is -3.91. The molecule has 0 radical (unpaired) electrons. The van der Waals surface area contributed by atoms with Crippen LogP contribution >= 0.6 is 11.6 Å². The number of fused-ring (bicyclic) bond motifs is 1. The van der Waals surface area contributed by atoms with Crippen molar-refractivity contribution >= 4 is 44.7 Å². The quantitative estimate of drug-likeness (QED) is 0.522. The Balaban J connectivity index is 1.57. The van der Waals surface area contributed by atoms with Gasteiger partial charge in [-0.3, -0.25) is 14.3 Å². The molecule has 3 N–H and O–H groups in total. The van der Waals surface area contributed by atoms with E-state index in [1.165, 1.54) is 18.2 Å². The number of halogens is 1. The minimum absolute atomic E-state index is 0.0251. The minimum Gasteiger partial charge on any atom is -0.354 e. The molecule has 1 aliphatic carbocycles. The zero-order valence-electron chi connectivity index (χ0n) is 16.7. The molecule has 9 heteroatoms. The Kier molecular flexibility index (Phi) is 5.60. The van der Waals surface area contributed by atoms with Crippen molar-refractivity contribution in [1.82, 2.24) is 4.98 Å². The van der Waals surface area contributed by atoms with Gasteiger partial charge in [-0.15, -0.1) is 0 Å². The third kappa shape index (κ3) is 4.22. The van der Waals surface area contributed by atoms with Gasteiger partial charge in [0.2, 0.25) is 0 Å². The molecule has 0 bridgehead atoms. The molecule has 3 aromatic rings. The Morgan fingerprint density at radius 2 is 1.87 bits per heavy atom. The van der Waals surface area contributed by atoms with Crippen LogP contribution < -0.4 is 10.0 Å². The molecule has 0 atom stereocenters. The number of sulfonamides is 1. The molecule has 2 aromatic carbocycles. The van der Waals surface area contributed by atoms with E-state index in [2.05, 4.69) is 15.0 Å². The Hall–Kier alpha value is -3.10. The van der Waals surface area contributed by atoms with Gasteiger partial charge in [0.15, 0.2) is 5.78 Å². The van der Waals surface area contributed by atoms with Gasteiger partial charge >= 0.3 is 0 Å². The van der Waals surface area contributed by atoms with Gasteiger partial charge in [0.1, 0.15) is 5.69 Å². The number of nitrogens with one attached hydrogen (secondary N) is 3. The molecule has 0 aliphatic heterocycles. The summed E-state index contributed by atoms with van der Waals surface area (Å²) in [6.07, 6.45) is 1.95. The third-order valence-corrected chi connectivity index (χ3v) is 6.88. The normalized spacial score (nSPS) is 13.5. The van der Waals surface area contributed by atoms with Crippen LogP contribution in [0.2, 0.25) is 5.02 Å². The van der Waals surface area contributed by atoms with Crippen molar-refractivity contribution in [2.45, 2.75) is 31.1 Å². The third-order valence-electron chi connectivity index (χ3n) is 5.18. The first-order valence-corrected chi connectivity index (χ1v) is 11.6. The topological polar surface area (TPSA) is 108 Å². The molecular weight excluding hydrogens is 438 g/mol. The highest BCUT2D eigenvalue weighted by molar-refractivity contribution is 7.92. The number of carbonyl (C=O) groups is 2. The Morgan fingerprint density at radius 1 is 1.10 bits per heavy atom. The van der Waals surface area contributed by atoms with Crippen LogP contribution in [0.4, 0.5) is 11.4 Å². The first-order valence-electron chi connectivity index (χ1n) is 9.69. The van der Waals surface area contributed by atoms with Crippen LogP contribution in [0.25, 0.3) is 0 Å². The van der Waals surface area contributed by atoms with Gasteiger partial charge in [0.05, 0.1) is 15.6 Å². The zero-order valence-corrected chi connectivity index (χ0v) is 18.2. The fourth-order valence-corrected chi connectivity index (χ4v) is 5.05. The number of aromatic amines is 1. The molecule has 0 saturated heterocycles. The van der Waals surface area contributed by atoms with E-state index < -0.39 is 15.9 Å². The number of benzene rings is 2. The molecule has 1 aliphatic rings. The monoisotopic (exact) mass is 457 g/mol. The number of ketones is 1. The van der Waals surface area contributed by atoms with Crippen molar-refractivity contribution < 1.29 is 18.0 Å². The van der Waals surface area contributed by atoms with Crippen molar-refractivity contribution in [1.29, 1.82) is 0 Å². The van der Waals surface area contributed by atoms with Gasteiger partial charge in [-0.2, -0.15) is 0 Å². The largest absolute Gasteiger partial charge is 0.354 e. The van der Waals surface area contributed by atoms with Gasteiger partial charge in [-0.1, -0.05) is 29.8 Å². The maximum Gasteiger partial charge on any atom is 0.272 e. The van der Waals surface area contributed by atoms with Crippen molar-refractivity contribution in [3.8, 4) is 0 Å². The average molecular weight is 458 g/mol. The number of carbonyl (C=O) groups excluding carboxylic acids is 2. The summed E-state index contributed by atoms with van der Waals surface area (Å²) >= 11 is 6.04. The number of aryl methyl sites for hydroxylation is 1. The number of amides is 1. The van der Waals surface area contributed by atoms with Crippen LogP contribution in [-0.4, -0.2) is 25.1 Å². The summed E-state index contributed by atoms with van der Waals surface area (Å²) in [5, 5.41) is 2.99. The van der Waals surface area contributed by atoms with Gasteiger partial charge in [0, 0.05) is 23.4 Å². The number of rotatable bonds is 5.